The molecule has 5 heteroatoms. The van der Waals surface area contributed by atoms with E-state index < -0.39 is 6.10 Å². The minimum absolute atomic E-state index is 0.515. The van der Waals surface area contributed by atoms with E-state index in [2.05, 4.69) is 15.3 Å². The molecule has 0 aliphatic heterocycles. The molecule has 1 atom stereocenters. The van der Waals surface area contributed by atoms with Crippen molar-refractivity contribution in [3.8, 4) is 0 Å². The topological polar surface area (TPSA) is 66.7 Å². The van der Waals surface area contributed by atoms with Gasteiger partial charge in [0.1, 0.15) is 0 Å². The Labute approximate surface area is 87.7 Å². The van der Waals surface area contributed by atoms with Gasteiger partial charge >= 0.3 is 0 Å². The lowest BCUT2D eigenvalue weighted by molar-refractivity contribution is 0.177. The number of hydrogen-bond acceptors (Lipinski definition) is 3. The van der Waals surface area contributed by atoms with Crippen molar-refractivity contribution < 1.29 is 5.11 Å². The molecular weight excluding hydrogens is 192 g/mol. The quantitative estimate of drug-likeness (QED) is 0.778. The molecule has 0 saturated carbocycles. The van der Waals surface area contributed by atoms with Crippen molar-refractivity contribution in [1.29, 1.82) is 0 Å². The molecule has 80 valence electrons. The van der Waals surface area contributed by atoms with Crippen LogP contribution in [0, 0.1) is 6.92 Å². The number of rotatable bonds is 3. The standard InChI is InChI=1S/C10H14N4O/c1-7-3-9(13-14(7)2)4-10(15)8-5-11-12-6-8/h3,5-6,10,15H,4H2,1-2H3,(H,11,12). The van der Waals surface area contributed by atoms with Crippen LogP contribution in [0.25, 0.3) is 0 Å². The average molecular weight is 206 g/mol. The Hall–Kier alpha value is -1.62. The van der Waals surface area contributed by atoms with Crippen LogP contribution in [-0.4, -0.2) is 25.1 Å². The van der Waals surface area contributed by atoms with Gasteiger partial charge in [-0.2, -0.15) is 10.2 Å². The second-order valence-electron chi connectivity index (χ2n) is 3.65. The van der Waals surface area contributed by atoms with Gasteiger partial charge in [-0.15, -0.1) is 0 Å². The van der Waals surface area contributed by atoms with Gasteiger partial charge in [-0.1, -0.05) is 0 Å². The number of aliphatic hydroxyl groups is 1. The fourth-order valence-corrected chi connectivity index (χ4v) is 1.49. The normalized spacial score (nSPS) is 13.0. The van der Waals surface area contributed by atoms with Gasteiger partial charge in [-0.05, 0) is 13.0 Å². The predicted molar refractivity (Wildman–Crippen MR) is 55.2 cm³/mol. The maximum absolute atomic E-state index is 9.85. The fraction of sp³-hybridized carbons (Fsp3) is 0.400. The van der Waals surface area contributed by atoms with Crippen LogP contribution in [0.4, 0.5) is 0 Å². The van der Waals surface area contributed by atoms with Gasteiger partial charge in [-0.3, -0.25) is 9.78 Å². The Morgan fingerprint density at radius 1 is 1.60 bits per heavy atom. The van der Waals surface area contributed by atoms with Gasteiger partial charge < -0.3 is 5.11 Å². The Kier molecular flexibility index (Phi) is 2.55. The van der Waals surface area contributed by atoms with Crippen LogP contribution in [0.5, 0.6) is 0 Å². The summed E-state index contributed by atoms with van der Waals surface area (Å²) in [7, 11) is 1.89. The molecule has 0 aliphatic carbocycles. The van der Waals surface area contributed by atoms with E-state index >= 15 is 0 Å². The van der Waals surface area contributed by atoms with Crippen molar-refractivity contribution in [2.24, 2.45) is 7.05 Å². The van der Waals surface area contributed by atoms with Crippen LogP contribution >= 0.6 is 0 Å². The highest BCUT2D eigenvalue weighted by atomic mass is 16.3. The van der Waals surface area contributed by atoms with Crippen LogP contribution in [-0.2, 0) is 13.5 Å². The number of aliphatic hydroxyl groups excluding tert-OH is 1. The van der Waals surface area contributed by atoms with Crippen molar-refractivity contribution >= 4 is 0 Å². The van der Waals surface area contributed by atoms with E-state index in [0.717, 1.165) is 17.0 Å². The van der Waals surface area contributed by atoms with E-state index in [1.54, 1.807) is 17.1 Å². The Balaban J connectivity index is 2.09. The number of aryl methyl sites for hydroxylation is 2. The molecule has 0 fully saturated rings. The first kappa shape index (κ1) is 9.92. The van der Waals surface area contributed by atoms with Gasteiger partial charge in [0.25, 0.3) is 0 Å². The first-order valence-electron chi connectivity index (χ1n) is 4.83. The van der Waals surface area contributed by atoms with Gasteiger partial charge in [0, 0.05) is 30.9 Å². The lowest BCUT2D eigenvalue weighted by Crippen LogP contribution is -2.02. The molecule has 2 N–H and O–H groups in total. The molecule has 0 spiro atoms. The third-order valence-corrected chi connectivity index (χ3v) is 2.47. The summed E-state index contributed by atoms with van der Waals surface area (Å²) < 4.78 is 1.80. The van der Waals surface area contributed by atoms with Crippen LogP contribution in [0.3, 0.4) is 0 Å². The minimum atomic E-state index is -0.543. The molecule has 0 bridgehead atoms. The maximum Gasteiger partial charge on any atom is 0.0876 e. The van der Waals surface area contributed by atoms with Gasteiger partial charge in [-0.25, -0.2) is 0 Å². The van der Waals surface area contributed by atoms with Crippen molar-refractivity contribution in [2.45, 2.75) is 19.4 Å². The molecule has 15 heavy (non-hydrogen) atoms. The number of nitrogens with one attached hydrogen (secondary N) is 1. The zero-order valence-electron chi connectivity index (χ0n) is 8.81. The lowest BCUT2D eigenvalue weighted by atomic mass is 10.1. The Morgan fingerprint density at radius 2 is 2.40 bits per heavy atom. The van der Waals surface area contributed by atoms with Crippen molar-refractivity contribution in [1.82, 2.24) is 20.0 Å². The number of aromatic amines is 1. The van der Waals surface area contributed by atoms with Crippen molar-refractivity contribution in [3.63, 3.8) is 0 Å². The molecule has 0 saturated heterocycles. The summed E-state index contributed by atoms with van der Waals surface area (Å²) in [5.74, 6) is 0. The summed E-state index contributed by atoms with van der Waals surface area (Å²) in [6, 6.07) is 1.98. The largest absolute Gasteiger partial charge is 0.388 e. The fourth-order valence-electron chi connectivity index (χ4n) is 1.49. The summed E-state index contributed by atoms with van der Waals surface area (Å²) in [5, 5.41) is 20.6. The van der Waals surface area contributed by atoms with Gasteiger partial charge in [0.2, 0.25) is 0 Å². The van der Waals surface area contributed by atoms with Crippen molar-refractivity contribution in [3.05, 3.63) is 35.4 Å². The monoisotopic (exact) mass is 206 g/mol. The number of hydrogen-bond donors (Lipinski definition) is 2. The molecular formula is C10H14N4O. The van der Waals surface area contributed by atoms with E-state index in [1.807, 2.05) is 20.0 Å². The van der Waals surface area contributed by atoms with E-state index in [4.69, 9.17) is 0 Å². The van der Waals surface area contributed by atoms with Crippen LogP contribution in [0.1, 0.15) is 23.1 Å². The third-order valence-electron chi connectivity index (χ3n) is 2.47. The van der Waals surface area contributed by atoms with Crippen LogP contribution < -0.4 is 0 Å². The van der Waals surface area contributed by atoms with E-state index in [0.29, 0.717) is 6.42 Å². The highest BCUT2D eigenvalue weighted by Crippen LogP contribution is 2.16. The summed E-state index contributed by atoms with van der Waals surface area (Å²) in [5.41, 5.74) is 2.77. The van der Waals surface area contributed by atoms with Gasteiger partial charge in [0.15, 0.2) is 0 Å². The summed E-state index contributed by atoms with van der Waals surface area (Å²) in [4.78, 5) is 0. The zero-order chi connectivity index (χ0) is 10.8. The molecule has 2 heterocycles. The van der Waals surface area contributed by atoms with E-state index in [-0.39, 0.29) is 0 Å². The van der Waals surface area contributed by atoms with Crippen LogP contribution in [0.15, 0.2) is 18.5 Å². The molecule has 0 radical (unpaired) electrons. The number of H-pyrrole nitrogens is 1. The Morgan fingerprint density at radius 3 is 2.93 bits per heavy atom. The molecule has 0 aliphatic rings. The number of aromatic nitrogens is 4. The highest BCUT2D eigenvalue weighted by Gasteiger charge is 2.11. The summed E-state index contributed by atoms with van der Waals surface area (Å²) in [6.07, 6.45) is 3.29. The molecule has 2 aromatic rings. The summed E-state index contributed by atoms with van der Waals surface area (Å²) in [6.45, 7) is 1.99. The smallest absolute Gasteiger partial charge is 0.0876 e. The first-order valence-corrected chi connectivity index (χ1v) is 4.83. The van der Waals surface area contributed by atoms with Gasteiger partial charge in [0.05, 0.1) is 18.0 Å². The first-order chi connectivity index (χ1) is 7.16. The lowest BCUT2D eigenvalue weighted by Gasteiger charge is -2.04. The highest BCUT2D eigenvalue weighted by molar-refractivity contribution is 5.14. The number of nitrogens with zero attached hydrogens (tertiary/aromatic N) is 3. The zero-order valence-corrected chi connectivity index (χ0v) is 8.81. The minimum Gasteiger partial charge on any atom is -0.388 e. The molecule has 2 aromatic heterocycles. The molecule has 0 amide bonds. The third kappa shape index (κ3) is 2.07. The SMILES string of the molecule is Cc1cc(CC(O)c2cn[nH]c2)nn1C. The Bertz CT molecular complexity index is 413. The van der Waals surface area contributed by atoms with E-state index in [9.17, 15) is 5.11 Å². The molecule has 5 nitrogen and oxygen atoms in total. The molecule has 0 aromatic carbocycles. The molecule has 1 unspecified atom stereocenters. The summed E-state index contributed by atoms with van der Waals surface area (Å²) >= 11 is 0. The van der Waals surface area contributed by atoms with Crippen molar-refractivity contribution in [2.75, 3.05) is 0 Å². The predicted octanol–water partition coefficient (Wildman–Crippen LogP) is 0.728. The maximum atomic E-state index is 9.85. The average Bonchev–Trinajstić information content (AvgIpc) is 2.77. The second kappa shape index (κ2) is 3.86. The molecule has 2 rings (SSSR count). The van der Waals surface area contributed by atoms with E-state index in [1.165, 1.54) is 0 Å². The van der Waals surface area contributed by atoms with Crippen LogP contribution in [0.2, 0.25) is 0 Å². The second-order valence-corrected chi connectivity index (χ2v) is 3.65.